The van der Waals surface area contributed by atoms with Gasteiger partial charge in [0.1, 0.15) is 11.6 Å². The number of benzene rings is 2. The summed E-state index contributed by atoms with van der Waals surface area (Å²) in [6.45, 7) is 2.84. The maximum Gasteiger partial charge on any atom is 0.261 e. The molecule has 2 aromatic carbocycles. The van der Waals surface area contributed by atoms with Gasteiger partial charge in [0.15, 0.2) is 5.82 Å². The largest absolute Gasteiger partial charge is 0.326 e. The first-order valence-corrected chi connectivity index (χ1v) is 11.5. The molecule has 0 fully saturated rings. The van der Waals surface area contributed by atoms with Crippen LogP contribution in [-0.2, 0) is 24.3 Å². The maximum absolute atomic E-state index is 14.7. The molecular formula is C25H25FN6O2. The van der Waals surface area contributed by atoms with Crippen molar-refractivity contribution in [1.82, 2.24) is 24.3 Å². The number of rotatable bonds is 5. The van der Waals surface area contributed by atoms with Crippen LogP contribution < -0.4 is 10.9 Å². The number of nitrogens with zero attached hydrogens (tertiary/aromatic N) is 5. The summed E-state index contributed by atoms with van der Waals surface area (Å²) in [5, 5.41) is 11.8. The number of aromatic nitrogens is 5. The van der Waals surface area contributed by atoms with Gasteiger partial charge in [0.05, 0.1) is 22.8 Å². The molecule has 4 aromatic rings. The number of carbonyl (C=O) groups excluding carboxylic acids is 1. The summed E-state index contributed by atoms with van der Waals surface area (Å²) in [6.07, 6.45) is 5.53. The topological polar surface area (TPSA) is 94.7 Å². The van der Waals surface area contributed by atoms with Crippen molar-refractivity contribution in [1.29, 1.82) is 0 Å². The molecule has 2 aromatic heterocycles. The Morgan fingerprint density at radius 3 is 2.91 bits per heavy atom. The van der Waals surface area contributed by atoms with E-state index in [0.29, 0.717) is 28.0 Å². The highest BCUT2D eigenvalue weighted by Crippen LogP contribution is 2.27. The molecule has 1 aliphatic rings. The first kappa shape index (κ1) is 21.9. The first-order valence-electron chi connectivity index (χ1n) is 11.5. The van der Waals surface area contributed by atoms with E-state index in [4.69, 9.17) is 0 Å². The lowest BCUT2D eigenvalue weighted by Gasteiger charge is -2.11. The molecule has 0 aliphatic carbocycles. The van der Waals surface area contributed by atoms with Gasteiger partial charge in [0.2, 0.25) is 5.91 Å². The van der Waals surface area contributed by atoms with E-state index in [9.17, 15) is 14.0 Å². The van der Waals surface area contributed by atoms with Crippen molar-refractivity contribution in [2.45, 2.75) is 52.1 Å². The van der Waals surface area contributed by atoms with E-state index >= 15 is 0 Å². The van der Waals surface area contributed by atoms with Gasteiger partial charge in [0.25, 0.3) is 5.56 Å². The Kier molecular flexibility index (Phi) is 5.91. The molecule has 5 rings (SSSR count). The van der Waals surface area contributed by atoms with Gasteiger partial charge in [-0.15, -0.1) is 10.2 Å². The number of amides is 1. The predicted octanol–water partition coefficient (Wildman–Crippen LogP) is 3.86. The van der Waals surface area contributed by atoms with Crippen LogP contribution in [0, 0.1) is 12.7 Å². The van der Waals surface area contributed by atoms with Gasteiger partial charge in [-0.3, -0.25) is 14.2 Å². The maximum atomic E-state index is 14.7. The standard InChI is InChI=1S/C25H25FN6O2/c1-16-6-5-7-18-23(16)27-15-31(25(18)34)13-11-22(33)28-17-9-10-20(26)19(14-17)24-30-29-21-8-3-2-4-12-32(21)24/h5-7,9-10,14-15H,2-4,8,11-13H2,1H3,(H,28,33). The average molecular weight is 461 g/mol. The minimum atomic E-state index is -0.415. The van der Waals surface area contributed by atoms with Crippen LogP contribution in [0.4, 0.5) is 10.1 Å². The van der Waals surface area contributed by atoms with Crippen LogP contribution in [0.2, 0.25) is 0 Å². The summed E-state index contributed by atoms with van der Waals surface area (Å²) in [6, 6.07) is 9.88. The molecule has 9 heteroatoms. The quantitative estimate of drug-likeness (QED) is 0.488. The lowest BCUT2D eigenvalue weighted by Crippen LogP contribution is -2.23. The van der Waals surface area contributed by atoms with E-state index in [1.807, 2.05) is 23.6 Å². The van der Waals surface area contributed by atoms with Gasteiger partial charge < -0.3 is 9.88 Å². The molecular weight excluding hydrogens is 435 g/mol. The third kappa shape index (κ3) is 4.21. The van der Waals surface area contributed by atoms with Gasteiger partial charge in [-0.2, -0.15) is 0 Å². The van der Waals surface area contributed by atoms with Gasteiger partial charge in [-0.1, -0.05) is 18.6 Å². The first-order chi connectivity index (χ1) is 16.5. The summed E-state index contributed by atoms with van der Waals surface area (Å²) in [5.74, 6) is 0.649. The zero-order chi connectivity index (χ0) is 23.7. The Bertz CT molecular complexity index is 1440. The molecule has 0 unspecified atom stereocenters. The zero-order valence-electron chi connectivity index (χ0n) is 18.9. The van der Waals surface area contributed by atoms with Crippen LogP contribution in [0.15, 0.2) is 47.5 Å². The molecule has 0 radical (unpaired) electrons. The highest BCUT2D eigenvalue weighted by Gasteiger charge is 2.19. The van der Waals surface area contributed by atoms with E-state index in [1.54, 1.807) is 12.1 Å². The van der Waals surface area contributed by atoms with Crippen molar-refractivity contribution in [3.05, 3.63) is 70.3 Å². The van der Waals surface area contributed by atoms with E-state index in [2.05, 4.69) is 20.5 Å². The SMILES string of the molecule is Cc1cccc2c(=O)n(CCC(=O)Nc3ccc(F)c(-c4nnc5n4CCCCC5)c3)cnc12. The number of para-hydroxylation sites is 1. The third-order valence-electron chi connectivity index (χ3n) is 6.24. The van der Waals surface area contributed by atoms with Gasteiger partial charge >= 0.3 is 0 Å². The number of hydrogen-bond acceptors (Lipinski definition) is 5. The molecule has 0 spiro atoms. The summed E-state index contributed by atoms with van der Waals surface area (Å²) in [5.41, 5.74) is 2.18. The van der Waals surface area contributed by atoms with Crippen LogP contribution in [0.1, 0.15) is 37.1 Å². The Morgan fingerprint density at radius 2 is 2.03 bits per heavy atom. The molecule has 0 saturated carbocycles. The molecule has 0 atom stereocenters. The van der Waals surface area contributed by atoms with E-state index in [-0.39, 0.29) is 24.4 Å². The second-order valence-electron chi connectivity index (χ2n) is 8.61. The Morgan fingerprint density at radius 1 is 1.15 bits per heavy atom. The van der Waals surface area contributed by atoms with Crippen LogP contribution in [-0.4, -0.2) is 30.2 Å². The number of carbonyl (C=O) groups is 1. The van der Waals surface area contributed by atoms with Crippen molar-refractivity contribution in [2.24, 2.45) is 0 Å². The molecule has 3 heterocycles. The van der Waals surface area contributed by atoms with Crippen molar-refractivity contribution in [2.75, 3.05) is 5.32 Å². The number of nitrogens with one attached hydrogen (secondary N) is 1. The normalized spacial score (nSPS) is 13.5. The number of hydrogen-bond donors (Lipinski definition) is 1. The number of anilines is 1. The van der Waals surface area contributed by atoms with Gasteiger partial charge in [0, 0.05) is 31.6 Å². The minimum absolute atomic E-state index is 0.0753. The van der Waals surface area contributed by atoms with Crippen LogP contribution in [0.25, 0.3) is 22.3 Å². The Hall–Kier alpha value is -3.88. The highest BCUT2D eigenvalue weighted by atomic mass is 19.1. The van der Waals surface area contributed by atoms with Crippen molar-refractivity contribution in [3.8, 4) is 11.4 Å². The molecule has 1 N–H and O–H groups in total. The van der Waals surface area contributed by atoms with Crippen molar-refractivity contribution >= 4 is 22.5 Å². The van der Waals surface area contributed by atoms with Gasteiger partial charge in [-0.05, 0) is 49.6 Å². The molecule has 174 valence electrons. The Labute approximate surface area is 195 Å². The van der Waals surface area contributed by atoms with E-state index in [0.717, 1.165) is 43.6 Å². The minimum Gasteiger partial charge on any atom is -0.326 e. The average Bonchev–Trinajstić information content (AvgIpc) is 3.08. The third-order valence-corrected chi connectivity index (χ3v) is 6.24. The number of aryl methyl sites for hydroxylation is 3. The highest BCUT2D eigenvalue weighted by molar-refractivity contribution is 5.91. The lowest BCUT2D eigenvalue weighted by atomic mass is 10.1. The second kappa shape index (κ2) is 9.17. The van der Waals surface area contributed by atoms with E-state index < -0.39 is 5.82 Å². The van der Waals surface area contributed by atoms with Crippen LogP contribution in [0.3, 0.4) is 0 Å². The fourth-order valence-corrected chi connectivity index (χ4v) is 4.40. The molecule has 1 amide bonds. The zero-order valence-corrected chi connectivity index (χ0v) is 18.9. The van der Waals surface area contributed by atoms with Crippen LogP contribution in [0.5, 0.6) is 0 Å². The summed E-state index contributed by atoms with van der Waals surface area (Å²) in [4.78, 5) is 29.7. The second-order valence-corrected chi connectivity index (χ2v) is 8.61. The van der Waals surface area contributed by atoms with Gasteiger partial charge in [-0.25, -0.2) is 9.37 Å². The molecule has 34 heavy (non-hydrogen) atoms. The van der Waals surface area contributed by atoms with Crippen LogP contribution >= 0.6 is 0 Å². The predicted molar refractivity (Wildman–Crippen MR) is 127 cm³/mol. The molecule has 1 aliphatic heterocycles. The van der Waals surface area contributed by atoms with Crippen molar-refractivity contribution in [3.63, 3.8) is 0 Å². The van der Waals surface area contributed by atoms with E-state index in [1.165, 1.54) is 23.0 Å². The summed E-state index contributed by atoms with van der Waals surface area (Å²) in [7, 11) is 0. The number of fused-ring (bicyclic) bond motifs is 2. The molecule has 8 nitrogen and oxygen atoms in total. The number of halogens is 1. The fourth-order valence-electron chi connectivity index (χ4n) is 4.40. The molecule has 0 saturated heterocycles. The van der Waals surface area contributed by atoms with Crippen molar-refractivity contribution < 1.29 is 9.18 Å². The molecule has 0 bridgehead atoms. The summed E-state index contributed by atoms with van der Waals surface area (Å²) >= 11 is 0. The monoisotopic (exact) mass is 460 g/mol. The fraction of sp³-hybridized carbons (Fsp3) is 0.320. The lowest BCUT2D eigenvalue weighted by molar-refractivity contribution is -0.116. The summed E-state index contributed by atoms with van der Waals surface area (Å²) < 4.78 is 18.1. The Balaban J connectivity index is 1.32. The smallest absolute Gasteiger partial charge is 0.261 e.